The maximum atomic E-state index is 12.8. The number of hydrogen-bond donors (Lipinski definition) is 3. The number of benzene rings is 1. The van der Waals surface area contributed by atoms with Gasteiger partial charge in [-0.05, 0) is 23.0 Å². The fourth-order valence-electron chi connectivity index (χ4n) is 2.59. The molecule has 2 rings (SSSR count). The highest BCUT2D eigenvalue weighted by atomic mass is 16.4. The monoisotopic (exact) mass is 344 g/mol. The first-order valence-electron chi connectivity index (χ1n) is 8.03. The molecule has 0 amide bonds. The van der Waals surface area contributed by atoms with Crippen molar-refractivity contribution in [1.29, 1.82) is 0 Å². The molecule has 1 aromatic heterocycles. The maximum absolute atomic E-state index is 12.8. The predicted molar refractivity (Wildman–Crippen MR) is 94.5 cm³/mol. The number of nitrogens with one attached hydrogen (secondary N) is 1. The number of carbonyl (C=O) groups excluding carboxylic acids is 1. The molecule has 0 saturated carbocycles. The number of hydrogen-bond acceptors (Lipinski definition) is 4. The molecule has 25 heavy (non-hydrogen) atoms. The van der Waals surface area contributed by atoms with Gasteiger partial charge in [0.2, 0.25) is 5.78 Å². The molecule has 134 valence electrons. The van der Waals surface area contributed by atoms with Crippen molar-refractivity contribution in [2.75, 3.05) is 0 Å². The first-order valence-corrected chi connectivity index (χ1v) is 8.03. The first kappa shape index (κ1) is 18.7. The van der Waals surface area contributed by atoms with Crippen molar-refractivity contribution in [3.05, 3.63) is 46.5 Å². The van der Waals surface area contributed by atoms with Crippen LogP contribution in [0.4, 0.5) is 0 Å². The average Bonchev–Trinajstić information content (AvgIpc) is 2.94. The Labute approximate surface area is 146 Å². The van der Waals surface area contributed by atoms with Gasteiger partial charge in [0.15, 0.2) is 5.82 Å². The Morgan fingerprint density at radius 2 is 1.48 bits per heavy atom. The van der Waals surface area contributed by atoms with Crippen LogP contribution < -0.4 is 0 Å². The number of aromatic nitrogens is 2. The van der Waals surface area contributed by atoms with E-state index in [-0.39, 0.29) is 28.1 Å². The smallest absolute Gasteiger partial charge is 0.353 e. The van der Waals surface area contributed by atoms with E-state index in [9.17, 15) is 14.7 Å². The summed E-state index contributed by atoms with van der Waals surface area (Å²) in [5.41, 5.74) is 0.806. The summed E-state index contributed by atoms with van der Waals surface area (Å²) in [6.45, 7) is 11.7. The van der Waals surface area contributed by atoms with E-state index in [1.165, 1.54) is 0 Å². The second-order valence-corrected chi connectivity index (χ2v) is 8.20. The lowest BCUT2D eigenvalue weighted by Gasteiger charge is -2.28. The van der Waals surface area contributed by atoms with Crippen molar-refractivity contribution in [3.8, 4) is 5.75 Å². The quantitative estimate of drug-likeness (QED) is 0.738. The Morgan fingerprint density at radius 1 is 1.00 bits per heavy atom. The van der Waals surface area contributed by atoms with Crippen LogP contribution in [-0.2, 0) is 10.8 Å². The van der Waals surface area contributed by atoms with Crippen LogP contribution in [-0.4, -0.2) is 31.9 Å². The van der Waals surface area contributed by atoms with Crippen molar-refractivity contribution in [1.82, 2.24) is 9.97 Å². The van der Waals surface area contributed by atoms with E-state index in [2.05, 4.69) is 9.97 Å². The maximum Gasteiger partial charge on any atom is 0.353 e. The topological polar surface area (TPSA) is 103 Å². The van der Waals surface area contributed by atoms with Crippen molar-refractivity contribution in [3.63, 3.8) is 0 Å². The average molecular weight is 344 g/mol. The highest BCUT2D eigenvalue weighted by Gasteiger charge is 2.28. The van der Waals surface area contributed by atoms with Gasteiger partial charge in [-0.25, -0.2) is 9.78 Å². The number of ketones is 1. The third kappa shape index (κ3) is 3.73. The second kappa shape index (κ2) is 6.02. The van der Waals surface area contributed by atoms with Crippen LogP contribution >= 0.6 is 0 Å². The Morgan fingerprint density at radius 3 is 1.84 bits per heavy atom. The zero-order valence-corrected chi connectivity index (χ0v) is 15.4. The fraction of sp³-hybridized carbons (Fsp3) is 0.421. The normalized spacial score (nSPS) is 12.2. The van der Waals surface area contributed by atoms with Crippen LogP contribution in [0.5, 0.6) is 5.75 Å². The Kier molecular flexibility index (Phi) is 4.51. The zero-order chi connectivity index (χ0) is 19.2. The van der Waals surface area contributed by atoms with Crippen LogP contribution in [0.15, 0.2) is 18.3 Å². The number of H-pyrrole nitrogens is 1. The molecule has 0 aliphatic rings. The van der Waals surface area contributed by atoms with E-state index >= 15 is 0 Å². The van der Waals surface area contributed by atoms with E-state index in [1.807, 2.05) is 41.5 Å². The SMILES string of the molecule is CC(C)(C)c1cc(C(=O)c2ncc(C(=O)O)[nH]2)cc(C(C)(C)C)c1O. The van der Waals surface area contributed by atoms with E-state index < -0.39 is 11.8 Å². The summed E-state index contributed by atoms with van der Waals surface area (Å²) in [7, 11) is 0. The minimum atomic E-state index is -1.18. The molecule has 6 nitrogen and oxygen atoms in total. The molecule has 6 heteroatoms. The summed E-state index contributed by atoms with van der Waals surface area (Å²) < 4.78 is 0. The summed E-state index contributed by atoms with van der Waals surface area (Å²) in [6, 6.07) is 3.30. The van der Waals surface area contributed by atoms with Gasteiger partial charge in [0.1, 0.15) is 11.4 Å². The van der Waals surface area contributed by atoms with Crippen LogP contribution in [0.3, 0.4) is 0 Å². The van der Waals surface area contributed by atoms with Gasteiger partial charge in [0.05, 0.1) is 6.20 Å². The summed E-state index contributed by atoms with van der Waals surface area (Å²) >= 11 is 0. The summed E-state index contributed by atoms with van der Waals surface area (Å²) in [6.07, 6.45) is 1.12. The lowest BCUT2D eigenvalue weighted by molar-refractivity contribution is 0.0691. The van der Waals surface area contributed by atoms with Gasteiger partial charge < -0.3 is 15.2 Å². The van der Waals surface area contributed by atoms with Crippen LogP contribution in [0.2, 0.25) is 0 Å². The molecule has 3 N–H and O–H groups in total. The molecule has 2 aromatic rings. The number of aromatic hydroxyl groups is 1. The molecule has 1 heterocycles. The molecule has 1 aromatic carbocycles. The predicted octanol–water partition coefficient (Wildman–Crippen LogP) is 3.64. The molecule has 0 fully saturated rings. The molecule has 0 saturated heterocycles. The zero-order valence-electron chi connectivity index (χ0n) is 15.4. The lowest BCUT2D eigenvalue weighted by Crippen LogP contribution is -2.19. The van der Waals surface area contributed by atoms with Crippen molar-refractivity contribution in [2.45, 2.75) is 52.4 Å². The van der Waals surface area contributed by atoms with Crippen molar-refractivity contribution < 1.29 is 19.8 Å². The van der Waals surface area contributed by atoms with Gasteiger partial charge >= 0.3 is 5.97 Å². The highest BCUT2D eigenvalue weighted by Crippen LogP contribution is 2.40. The lowest BCUT2D eigenvalue weighted by atomic mass is 9.78. The minimum absolute atomic E-state index is 0.0391. The number of aromatic amines is 1. The van der Waals surface area contributed by atoms with E-state index in [4.69, 9.17) is 5.11 Å². The van der Waals surface area contributed by atoms with Crippen molar-refractivity contribution in [2.24, 2.45) is 0 Å². The summed E-state index contributed by atoms with van der Waals surface area (Å²) in [5, 5.41) is 19.7. The van der Waals surface area contributed by atoms with Gasteiger partial charge in [0.25, 0.3) is 0 Å². The highest BCUT2D eigenvalue weighted by molar-refractivity contribution is 6.07. The van der Waals surface area contributed by atoms with Gasteiger partial charge in [0, 0.05) is 16.7 Å². The Balaban J connectivity index is 2.64. The first-order chi connectivity index (χ1) is 11.3. The van der Waals surface area contributed by atoms with Crippen molar-refractivity contribution >= 4 is 11.8 Å². The van der Waals surface area contributed by atoms with Gasteiger partial charge in [-0.1, -0.05) is 41.5 Å². The fourth-order valence-corrected chi connectivity index (χ4v) is 2.59. The third-order valence-electron chi connectivity index (χ3n) is 4.01. The second-order valence-electron chi connectivity index (χ2n) is 8.20. The Bertz CT molecular complexity index is 801. The largest absolute Gasteiger partial charge is 0.507 e. The number of rotatable bonds is 3. The van der Waals surface area contributed by atoms with Gasteiger partial charge in [-0.2, -0.15) is 0 Å². The van der Waals surface area contributed by atoms with Crippen LogP contribution in [0.1, 0.15) is 79.3 Å². The number of carboxylic acids is 1. The molecule has 0 unspecified atom stereocenters. The molecule has 0 atom stereocenters. The molecular formula is C19H24N2O4. The minimum Gasteiger partial charge on any atom is -0.507 e. The van der Waals surface area contributed by atoms with Crippen LogP contribution in [0.25, 0.3) is 0 Å². The number of phenolic OH excluding ortho intramolecular Hbond substituents is 1. The molecule has 0 bridgehead atoms. The number of carbonyl (C=O) groups is 2. The summed E-state index contributed by atoms with van der Waals surface area (Å²) in [4.78, 5) is 30.1. The number of nitrogens with zero attached hydrogens (tertiary/aromatic N) is 1. The molecule has 0 radical (unpaired) electrons. The summed E-state index contributed by atoms with van der Waals surface area (Å²) in [5.74, 6) is -1.45. The van der Waals surface area contributed by atoms with Gasteiger partial charge in [-0.15, -0.1) is 0 Å². The Hall–Kier alpha value is -2.63. The van der Waals surface area contributed by atoms with E-state index in [0.29, 0.717) is 16.7 Å². The van der Waals surface area contributed by atoms with Gasteiger partial charge in [-0.3, -0.25) is 4.79 Å². The molecule has 0 aliphatic carbocycles. The van der Waals surface area contributed by atoms with E-state index in [1.54, 1.807) is 12.1 Å². The molecule has 0 aliphatic heterocycles. The molecular weight excluding hydrogens is 320 g/mol. The number of aromatic carboxylic acids is 1. The number of carboxylic acid groups (broad SMARTS) is 1. The third-order valence-corrected chi connectivity index (χ3v) is 4.01. The number of imidazole rings is 1. The van der Waals surface area contributed by atoms with E-state index in [0.717, 1.165) is 6.20 Å². The molecule has 0 spiro atoms. The standard InChI is InChI=1S/C19H24N2O4/c1-18(2,3)11-7-10(8-12(15(11)23)19(4,5)6)14(22)16-20-9-13(21-16)17(24)25/h7-9,23H,1-6H3,(H,20,21)(H,24,25). The number of phenols is 1. The van der Waals surface area contributed by atoms with Crippen LogP contribution in [0, 0.1) is 0 Å².